The van der Waals surface area contributed by atoms with Crippen molar-refractivity contribution in [1.82, 2.24) is 4.98 Å². The van der Waals surface area contributed by atoms with E-state index in [-0.39, 0.29) is 22.2 Å². The standard InChI is InChI=1S/C18H16N2O5S/c1-24-15-8-10-16(11-9-15)26(22,23)25-17-3-2-12-19-18(17)20-13-4-6-14(21)7-5-13/h2-12,21H,1H3,(H,19,20). The van der Waals surface area contributed by atoms with Crippen LogP contribution < -0.4 is 14.2 Å². The first-order valence-corrected chi connectivity index (χ1v) is 8.98. The van der Waals surface area contributed by atoms with Crippen LogP contribution in [0.25, 0.3) is 0 Å². The Morgan fingerprint density at radius 3 is 2.35 bits per heavy atom. The lowest BCUT2D eigenvalue weighted by Crippen LogP contribution is -2.11. The topological polar surface area (TPSA) is 97.8 Å². The molecule has 8 heteroatoms. The SMILES string of the molecule is COc1ccc(S(=O)(=O)Oc2cccnc2Nc2ccc(O)cc2)cc1. The van der Waals surface area contributed by atoms with E-state index in [0.29, 0.717) is 11.4 Å². The normalized spacial score (nSPS) is 11.0. The van der Waals surface area contributed by atoms with Crippen LogP contribution >= 0.6 is 0 Å². The molecule has 26 heavy (non-hydrogen) atoms. The summed E-state index contributed by atoms with van der Waals surface area (Å²) in [6, 6.07) is 15.2. The lowest BCUT2D eigenvalue weighted by molar-refractivity contribution is 0.414. The number of benzene rings is 2. The molecule has 0 saturated heterocycles. The van der Waals surface area contributed by atoms with Gasteiger partial charge in [-0.2, -0.15) is 8.42 Å². The number of pyridine rings is 1. The van der Waals surface area contributed by atoms with Gasteiger partial charge in [-0.25, -0.2) is 4.98 Å². The van der Waals surface area contributed by atoms with Gasteiger partial charge in [0, 0.05) is 11.9 Å². The van der Waals surface area contributed by atoms with Crippen LogP contribution in [0, 0.1) is 0 Å². The molecule has 0 radical (unpaired) electrons. The molecule has 0 aliphatic heterocycles. The Balaban J connectivity index is 1.86. The summed E-state index contributed by atoms with van der Waals surface area (Å²) in [5.74, 6) is 0.946. The molecule has 0 atom stereocenters. The van der Waals surface area contributed by atoms with Crippen LogP contribution in [0.2, 0.25) is 0 Å². The summed E-state index contributed by atoms with van der Waals surface area (Å²) >= 11 is 0. The third-order valence-corrected chi connectivity index (χ3v) is 4.70. The molecule has 0 saturated carbocycles. The number of phenols is 1. The molecule has 1 aromatic heterocycles. The molecule has 0 spiro atoms. The quantitative estimate of drug-likeness (QED) is 0.506. The molecule has 3 rings (SSSR count). The second-order valence-corrected chi connectivity index (χ2v) is 6.78. The minimum atomic E-state index is -4.04. The highest BCUT2D eigenvalue weighted by Gasteiger charge is 2.19. The van der Waals surface area contributed by atoms with Crippen LogP contribution in [0.1, 0.15) is 0 Å². The highest BCUT2D eigenvalue weighted by Crippen LogP contribution is 2.29. The molecular weight excluding hydrogens is 356 g/mol. The summed E-state index contributed by atoms with van der Waals surface area (Å²) in [5, 5.41) is 12.3. The predicted octanol–water partition coefficient (Wildman–Crippen LogP) is 3.31. The fourth-order valence-electron chi connectivity index (χ4n) is 2.14. The Hall–Kier alpha value is -3.26. The Morgan fingerprint density at radius 1 is 1.00 bits per heavy atom. The van der Waals surface area contributed by atoms with Crippen LogP contribution in [0.3, 0.4) is 0 Å². The van der Waals surface area contributed by atoms with Gasteiger partial charge < -0.3 is 19.3 Å². The number of nitrogens with zero attached hydrogens (tertiary/aromatic N) is 1. The van der Waals surface area contributed by atoms with E-state index in [0.717, 1.165) is 0 Å². The zero-order valence-electron chi connectivity index (χ0n) is 13.8. The summed E-state index contributed by atoms with van der Waals surface area (Å²) in [4.78, 5) is 4.12. The van der Waals surface area contributed by atoms with E-state index in [2.05, 4.69) is 10.3 Å². The molecule has 1 heterocycles. The first kappa shape index (κ1) is 17.6. The van der Waals surface area contributed by atoms with Crippen molar-refractivity contribution >= 4 is 21.6 Å². The molecule has 0 aliphatic carbocycles. The molecule has 0 fully saturated rings. The smallest absolute Gasteiger partial charge is 0.339 e. The summed E-state index contributed by atoms with van der Waals surface area (Å²) in [6.07, 6.45) is 1.51. The number of nitrogens with one attached hydrogen (secondary N) is 1. The molecule has 2 aromatic carbocycles. The fourth-order valence-corrected chi connectivity index (χ4v) is 3.08. The number of hydrogen-bond donors (Lipinski definition) is 2. The van der Waals surface area contributed by atoms with Gasteiger partial charge in [0.15, 0.2) is 11.6 Å². The number of hydrogen-bond acceptors (Lipinski definition) is 7. The van der Waals surface area contributed by atoms with Crippen LogP contribution in [0.4, 0.5) is 11.5 Å². The maximum Gasteiger partial charge on any atom is 0.339 e. The Morgan fingerprint density at radius 2 is 1.69 bits per heavy atom. The highest BCUT2D eigenvalue weighted by molar-refractivity contribution is 7.87. The van der Waals surface area contributed by atoms with Crippen LogP contribution in [0.15, 0.2) is 71.8 Å². The van der Waals surface area contributed by atoms with E-state index in [1.165, 1.54) is 55.8 Å². The second kappa shape index (κ2) is 7.32. The van der Waals surface area contributed by atoms with E-state index in [1.54, 1.807) is 18.2 Å². The average Bonchev–Trinajstić information content (AvgIpc) is 2.65. The van der Waals surface area contributed by atoms with Crippen molar-refractivity contribution in [2.75, 3.05) is 12.4 Å². The maximum absolute atomic E-state index is 12.5. The number of anilines is 2. The van der Waals surface area contributed by atoms with E-state index in [4.69, 9.17) is 8.92 Å². The fraction of sp³-hybridized carbons (Fsp3) is 0.0556. The van der Waals surface area contributed by atoms with E-state index >= 15 is 0 Å². The van der Waals surface area contributed by atoms with Crippen molar-refractivity contribution in [3.63, 3.8) is 0 Å². The number of rotatable bonds is 6. The van der Waals surface area contributed by atoms with Gasteiger partial charge in [0.05, 0.1) is 7.11 Å². The summed E-state index contributed by atoms with van der Waals surface area (Å²) < 4.78 is 35.3. The summed E-state index contributed by atoms with van der Waals surface area (Å²) in [7, 11) is -2.54. The molecule has 0 aliphatic rings. The lowest BCUT2D eigenvalue weighted by atomic mass is 10.3. The minimum Gasteiger partial charge on any atom is -0.508 e. The maximum atomic E-state index is 12.5. The predicted molar refractivity (Wildman–Crippen MR) is 96.4 cm³/mol. The molecule has 2 N–H and O–H groups in total. The molecular formula is C18H16N2O5S. The lowest BCUT2D eigenvalue weighted by Gasteiger charge is -2.12. The molecule has 0 bridgehead atoms. The first-order chi connectivity index (χ1) is 12.5. The average molecular weight is 372 g/mol. The van der Waals surface area contributed by atoms with Gasteiger partial charge in [-0.15, -0.1) is 0 Å². The molecule has 0 unspecified atom stereocenters. The third-order valence-electron chi connectivity index (χ3n) is 3.45. The third kappa shape index (κ3) is 4.04. The second-order valence-electron chi connectivity index (χ2n) is 5.24. The number of methoxy groups -OCH3 is 1. The van der Waals surface area contributed by atoms with Gasteiger partial charge >= 0.3 is 10.1 Å². The van der Waals surface area contributed by atoms with Gasteiger partial charge in [0.2, 0.25) is 0 Å². The van der Waals surface area contributed by atoms with Gasteiger partial charge in [0.1, 0.15) is 16.4 Å². The van der Waals surface area contributed by atoms with Crippen molar-refractivity contribution in [3.8, 4) is 17.2 Å². The molecule has 3 aromatic rings. The Labute approximate surface area is 151 Å². The van der Waals surface area contributed by atoms with Crippen molar-refractivity contribution in [1.29, 1.82) is 0 Å². The first-order valence-electron chi connectivity index (χ1n) is 7.57. The monoisotopic (exact) mass is 372 g/mol. The Bertz CT molecular complexity index is 987. The van der Waals surface area contributed by atoms with E-state index in [1.807, 2.05) is 0 Å². The molecule has 134 valence electrons. The van der Waals surface area contributed by atoms with Crippen molar-refractivity contribution < 1.29 is 22.4 Å². The molecule has 0 amide bonds. The number of aromatic hydroxyl groups is 1. The van der Waals surface area contributed by atoms with Crippen molar-refractivity contribution in [2.24, 2.45) is 0 Å². The summed E-state index contributed by atoms with van der Waals surface area (Å²) in [6.45, 7) is 0. The zero-order chi connectivity index (χ0) is 18.6. The van der Waals surface area contributed by atoms with Gasteiger partial charge in [-0.3, -0.25) is 0 Å². The van der Waals surface area contributed by atoms with Gasteiger partial charge in [-0.05, 0) is 60.7 Å². The summed E-state index contributed by atoms with van der Waals surface area (Å²) in [5.41, 5.74) is 0.619. The van der Waals surface area contributed by atoms with Gasteiger partial charge in [-0.1, -0.05) is 0 Å². The minimum absolute atomic E-state index is 0.00210. The number of ether oxygens (including phenoxy) is 1. The number of phenolic OH excluding ortho intramolecular Hbond substituents is 1. The van der Waals surface area contributed by atoms with Crippen LogP contribution in [0.5, 0.6) is 17.2 Å². The Kier molecular flexibility index (Phi) is 4.94. The van der Waals surface area contributed by atoms with Crippen molar-refractivity contribution in [3.05, 3.63) is 66.9 Å². The highest BCUT2D eigenvalue weighted by atomic mass is 32.2. The zero-order valence-corrected chi connectivity index (χ0v) is 14.6. The molecule has 7 nitrogen and oxygen atoms in total. The van der Waals surface area contributed by atoms with Crippen LogP contribution in [-0.2, 0) is 10.1 Å². The van der Waals surface area contributed by atoms with Gasteiger partial charge in [0.25, 0.3) is 0 Å². The van der Waals surface area contributed by atoms with E-state index < -0.39 is 10.1 Å². The number of aromatic nitrogens is 1. The van der Waals surface area contributed by atoms with E-state index in [9.17, 15) is 13.5 Å². The van der Waals surface area contributed by atoms with Crippen molar-refractivity contribution in [2.45, 2.75) is 4.90 Å². The van der Waals surface area contributed by atoms with Crippen LogP contribution in [-0.4, -0.2) is 25.6 Å². The largest absolute Gasteiger partial charge is 0.508 e.